The second kappa shape index (κ2) is 7.62. The highest BCUT2D eigenvalue weighted by molar-refractivity contribution is 5.28. The van der Waals surface area contributed by atoms with Crippen LogP contribution in [0.2, 0.25) is 0 Å². The molecule has 20 heavy (non-hydrogen) atoms. The fourth-order valence-corrected chi connectivity index (χ4v) is 1.79. The van der Waals surface area contributed by atoms with Gasteiger partial charge in [0.2, 0.25) is 0 Å². The van der Waals surface area contributed by atoms with Gasteiger partial charge in [-0.15, -0.1) is 0 Å². The molecule has 0 saturated carbocycles. The minimum absolute atomic E-state index is 0.129. The number of aliphatic hydroxyl groups is 1. The van der Waals surface area contributed by atoms with Crippen LogP contribution in [-0.2, 0) is 13.2 Å². The van der Waals surface area contributed by atoms with Gasteiger partial charge in [-0.25, -0.2) is 4.39 Å². The monoisotopic (exact) mass is 275 g/mol. The molecule has 2 aromatic carbocycles. The molecule has 0 aliphatic rings. The lowest BCUT2D eigenvalue weighted by Gasteiger charge is -2.08. The Morgan fingerprint density at radius 1 is 1.05 bits per heavy atom. The largest absolute Gasteiger partial charge is 0.489 e. The van der Waals surface area contributed by atoms with Gasteiger partial charge in [0.15, 0.2) is 0 Å². The zero-order valence-electron chi connectivity index (χ0n) is 11.2. The fourth-order valence-electron chi connectivity index (χ4n) is 1.79. The number of nitrogens with one attached hydrogen (secondary N) is 1. The first kappa shape index (κ1) is 14.5. The highest BCUT2D eigenvalue weighted by Gasteiger charge is 2.01. The number of aliphatic hydroxyl groups excluding tert-OH is 1. The minimum Gasteiger partial charge on any atom is -0.489 e. The second-order valence-electron chi connectivity index (χ2n) is 4.42. The predicted molar refractivity (Wildman–Crippen MR) is 76.0 cm³/mol. The lowest BCUT2D eigenvalue weighted by atomic mass is 10.2. The van der Waals surface area contributed by atoms with Crippen molar-refractivity contribution in [3.8, 4) is 5.75 Å². The van der Waals surface area contributed by atoms with E-state index in [9.17, 15) is 4.39 Å². The van der Waals surface area contributed by atoms with Crippen LogP contribution in [0.1, 0.15) is 11.1 Å². The van der Waals surface area contributed by atoms with Crippen LogP contribution in [0, 0.1) is 5.82 Å². The average Bonchev–Trinajstić information content (AvgIpc) is 2.48. The molecule has 0 aromatic heterocycles. The van der Waals surface area contributed by atoms with Crippen LogP contribution >= 0.6 is 0 Å². The summed E-state index contributed by atoms with van der Waals surface area (Å²) in [4.78, 5) is 0. The smallest absolute Gasteiger partial charge is 0.129 e. The number of ether oxygens (including phenoxy) is 1. The summed E-state index contributed by atoms with van der Waals surface area (Å²) in [5.41, 5.74) is 1.65. The first-order chi connectivity index (χ1) is 9.79. The first-order valence-electron chi connectivity index (χ1n) is 6.56. The van der Waals surface area contributed by atoms with E-state index in [2.05, 4.69) is 5.32 Å². The van der Waals surface area contributed by atoms with E-state index in [4.69, 9.17) is 9.84 Å². The van der Waals surface area contributed by atoms with Gasteiger partial charge in [0, 0.05) is 18.7 Å². The quantitative estimate of drug-likeness (QED) is 0.763. The summed E-state index contributed by atoms with van der Waals surface area (Å²) in [6.45, 7) is 1.62. The van der Waals surface area contributed by atoms with Crippen LogP contribution in [-0.4, -0.2) is 18.3 Å². The molecule has 0 heterocycles. The van der Waals surface area contributed by atoms with Crippen LogP contribution in [0.15, 0.2) is 48.5 Å². The van der Waals surface area contributed by atoms with E-state index in [-0.39, 0.29) is 19.0 Å². The molecule has 0 amide bonds. The van der Waals surface area contributed by atoms with Gasteiger partial charge in [-0.05, 0) is 23.8 Å². The van der Waals surface area contributed by atoms with Crippen molar-refractivity contribution in [1.29, 1.82) is 0 Å². The van der Waals surface area contributed by atoms with E-state index in [1.54, 1.807) is 18.2 Å². The van der Waals surface area contributed by atoms with Crippen molar-refractivity contribution in [1.82, 2.24) is 5.32 Å². The predicted octanol–water partition coefficient (Wildman–Crippen LogP) is 2.49. The molecule has 0 fully saturated rings. The van der Waals surface area contributed by atoms with E-state index in [0.29, 0.717) is 24.4 Å². The zero-order chi connectivity index (χ0) is 14.2. The van der Waals surface area contributed by atoms with Crippen molar-refractivity contribution in [3.63, 3.8) is 0 Å². The molecule has 0 bridgehead atoms. The number of halogens is 1. The Morgan fingerprint density at radius 3 is 2.50 bits per heavy atom. The molecule has 0 radical (unpaired) electrons. The van der Waals surface area contributed by atoms with Crippen LogP contribution < -0.4 is 10.1 Å². The molecule has 0 aliphatic carbocycles. The Bertz CT molecular complexity index is 528. The molecule has 3 nitrogen and oxygen atoms in total. The van der Waals surface area contributed by atoms with E-state index in [1.807, 2.05) is 24.3 Å². The van der Waals surface area contributed by atoms with Gasteiger partial charge in [-0.1, -0.05) is 30.3 Å². The third kappa shape index (κ3) is 4.33. The molecule has 0 spiro atoms. The van der Waals surface area contributed by atoms with E-state index < -0.39 is 0 Å². The molecule has 106 valence electrons. The molecule has 4 heteroatoms. The summed E-state index contributed by atoms with van der Waals surface area (Å²) in [5, 5.41) is 11.8. The van der Waals surface area contributed by atoms with Gasteiger partial charge < -0.3 is 15.2 Å². The molecule has 0 aliphatic heterocycles. The van der Waals surface area contributed by atoms with Crippen molar-refractivity contribution in [2.45, 2.75) is 13.2 Å². The Kier molecular flexibility index (Phi) is 5.53. The summed E-state index contributed by atoms with van der Waals surface area (Å²) in [6, 6.07) is 14.2. The average molecular weight is 275 g/mol. The van der Waals surface area contributed by atoms with E-state index in [0.717, 1.165) is 5.56 Å². The Morgan fingerprint density at radius 2 is 1.80 bits per heavy atom. The van der Waals surface area contributed by atoms with Gasteiger partial charge in [0.05, 0.1) is 6.61 Å². The number of hydrogen-bond acceptors (Lipinski definition) is 3. The maximum atomic E-state index is 13.4. The lowest BCUT2D eigenvalue weighted by Crippen LogP contribution is -2.17. The van der Waals surface area contributed by atoms with Gasteiger partial charge in [0.25, 0.3) is 0 Å². The van der Waals surface area contributed by atoms with E-state index >= 15 is 0 Å². The lowest BCUT2D eigenvalue weighted by molar-refractivity contribution is 0.291. The van der Waals surface area contributed by atoms with Crippen molar-refractivity contribution in [2.24, 2.45) is 0 Å². The van der Waals surface area contributed by atoms with Gasteiger partial charge in [0.1, 0.15) is 18.2 Å². The molecule has 0 unspecified atom stereocenters. The van der Waals surface area contributed by atoms with Crippen LogP contribution in [0.25, 0.3) is 0 Å². The standard InChI is InChI=1S/C16H18FNO2/c17-16-4-2-1-3-14(16)12-20-15-7-5-13(6-8-15)11-18-9-10-19/h1-8,18-19H,9-12H2. The van der Waals surface area contributed by atoms with Gasteiger partial charge >= 0.3 is 0 Å². The van der Waals surface area contributed by atoms with Gasteiger partial charge in [-0.2, -0.15) is 0 Å². The van der Waals surface area contributed by atoms with Crippen LogP contribution in [0.5, 0.6) is 5.75 Å². The summed E-state index contributed by atoms with van der Waals surface area (Å²) in [7, 11) is 0. The third-order valence-corrected chi connectivity index (χ3v) is 2.89. The van der Waals surface area contributed by atoms with Crippen molar-refractivity contribution >= 4 is 0 Å². The summed E-state index contributed by atoms with van der Waals surface area (Å²) < 4.78 is 19.0. The van der Waals surface area contributed by atoms with Crippen molar-refractivity contribution < 1.29 is 14.2 Å². The third-order valence-electron chi connectivity index (χ3n) is 2.89. The maximum Gasteiger partial charge on any atom is 0.129 e. The summed E-state index contributed by atoms with van der Waals surface area (Å²) in [6.07, 6.45) is 0. The highest BCUT2D eigenvalue weighted by atomic mass is 19.1. The number of rotatable bonds is 7. The minimum atomic E-state index is -0.252. The normalized spacial score (nSPS) is 10.5. The SMILES string of the molecule is OCCNCc1ccc(OCc2ccccc2F)cc1. The number of benzene rings is 2. The van der Waals surface area contributed by atoms with Crippen molar-refractivity contribution in [2.75, 3.05) is 13.2 Å². The van der Waals surface area contributed by atoms with Crippen LogP contribution in [0.4, 0.5) is 4.39 Å². The number of hydrogen-bond donors (Lipinski definition) is 2. The molecule has 2 rings (SSSR count). The topological polar surface area (TPSA) is 41.5 Å². The summed E-state index contributed by atoms with van der Waals surface area (Å²) >= 11 is 0. The molecule has 0 atom stereocenters. The first-order valence-corrected chi connectivity index (χ1v) is 6.56. The van der Waals surface area contributed by atoms with E-state index in [1.165, 1.54) is 6.07 Å². The van der Waals surface area contributed by atoms with Crippen LogP contribution in [0.3, 0.4) is 0 Å². The summed E-state index contributed by atoms with van der Waals surface area (Å²) in [5.74, 6) is 0.455. The molecular weight excluding hydrogens is 257 g/mol. The Hall–Kier alpha value is -1.91. The Labute approximate surface area is 118 Å². The maximum absolute atomic E-state index is 13.4. The zero-order valence-corrected chi connectivity index (χ0v) is 11.2. The highest BCUT2D eigenvalue weighted by Crippen LogP contribution is 2.15. The molecule has 2 N–H and O–H groups in total. The fraction of sp³-hybridized carbons (Fsp3) is 0.250. The molecule has 0 saturated heterocycles. The molecular formula is C16H18FNO2. The van der Waals surface area contributed by atoms with Crippen molar-refractivity contribution in [3.05, 3.63) is 65.5 Å². The second-order valence-corrected chi connectivity index (χ2v) is 4.42. The van der Waals surface area contributed by atoms with Gasteiger partial charge in [-0.3, -0.25) is 0 Å². The molecule has 2 aromatic rings. The Balaban J connectivity index is 1.86.